The van der Waals surface area contributed by atoms with Gasteiger partial charge in [-0.3, -0.25) is 0 Å². The zero-order chi connectivity index (χ0) is 23.8. The van der Waals surface area contributed by atoms with Crippen LogP contribution in [0.25, 0.3) is 0 Å². The number of halogens is 1. The fraction of sp³-hybridized carbons (Fsp3) is 0.440. The number of benzene rings is 2. The molecule has 1 atom stereocenters. The van der Waals surface area contributed by atoms with E-state index in [0.717, 1.165) is 17.7 Å². The van der Waals surface area contributed by atoms with Crippen molar-refractivity contribution in [1.82, 2.24) is 15.0 Å². The zero-order valence-corrected chi connectivity index (χ0v) is 20.1. The first-order valence-corrected chi connectivity index (χ1v) is 11.6. The van der Waals surface area contributed by atoms with Crippen LogP contribution >= 0.6 is 11.6 Å². The Balaban J connectivity index is 1.57. The number of hydrogen-bond donors (Lipinski definition) is 2. The maximum atomic E-state index is 10.3. The second kappa shape index (κ2) is 11.5. The molecule has 0 amide bonds. The van der Waals surface area contributed by atoms with Gasteiger partial charge in [-0.05, 0) is 48.7 Å². The van der Waals surface area contributed by atoms with Gasteiger partial charge in [0.2, 0.25) is 0 Å². The predicted molar refractivity (Wildman–Crippen MR) is 128 cm³/mol. The molecule has 0 aliphatic carbocycles. The monoisotopic (exact) mass is 473 g/mol. The van der Waals surface area contributed by atoms with Crippen molar-refractivity contribution in [3.05, 3.63) is 71.0 Å². The Labute approximate surface area is 199 Å². The van der Waals surface area contributed by atoms with Gasteiger partial charge in [0.1, 0.15) is 24.2 Å². The Morgan fingerprint density at radius 1 is 1.00 bits per heavy atom. The highest BCUT2D eigenvalue weighted by Gasteiger charge is 2.23. The molecule has 8 heteroatoms. The van der Waals surface area contributed by atoms with Crippen molar-refractivity contribution >= 4 is 11.6 Å². The van der Waals surface area contributed by atoms with Gasteiger partial charge in [0, 0.05) is 11.3 Å². The van der Waals surface area contributed by atoms with Crippen LogP contribution in [0.1, 0.15) is 42.8 Å². The van der Waals surface area contributed by atoms with Gasteiger partial charge in [-0.2, -0.15) is 0 Å². The molecule has 1 heterocycles. The van der Waals surface area contributed by atoms with Crippen molar-refractivity contribution in [3.63, 3.8) is 0 Å². The third-order valence-corrected chi connectivity index (χ3v) is 5.97. The lowest BCUT2D eigenvalue weighted by molar-refractivity contribution is 0.0866. The minimum absolute atomic E-state index is 0.109. The number of nitrogens with zero attached hydrogens (tertiary/aromatic N) is 3. The van der Waals surface area contributed by atoms with Crippen LogP contribution in [-0.4, -0.2) is 50.4 Å². The van der Waals surface area contributed by atoms with E-state index >= 15 is 0 Å². The lowest BCUT2D eigenvalue weighted by Gasteiger charge is -2.26. The highest BCUT2D eigenvalue weighted by Crippen LogP contribution is 2.33. The number of aliphatic hydroxyl groups excluding tert-OH is 2. The summed E-state index contributed by atoms with van der Waals surface area (Å²) in [5.74, 6) is 2.11. The molecule has 7 nitrogen and oxygen atoms in total. The molecule has 0 aliphatic heterocycles. The van der Waals surface area contributed by atoms with E-state index < -0.39 is 6.10 Å². The number of hydrogen-bond acceptors (Lipinski definition) is 6. The van der Waals surface area contributed by atoms with Crippen molar-refractivity contribution in [3.8, 4) is 11.5 Å². The summed E-state index contributed by atoms with van der Waals surface area (Å²) in [4.78, 5) is 0. The van der Waals surface area contributed by atoms with Gasteiger partial charge < -0.3 is 19.7 Å². The smallest absolute Gasteiger partial charge is 0.119 e. The van der Waals surface area contributed by atoms with E-state index in [1.807, 2.05) is 36.4 Å². The lowest BCUT2D eigenvalue weighted by Crippen LogP contribution is -2.25. The van der Waals surface area contributed by atoms with E-state index in [2.05, 4.69) is 36.3 Å². The number of aliphatic hydroxyl groups is 2. The van der Waals surface area contributed by atoms with Crippen LogP contribution in [0.3, 0.4) is 0 Å². The minimum atomic E-state index is -0.780. The Kier molecular flexibility index (Phi) is 8.72. The number of ether oxygens (including phenoxy) is 2. The molecule has 0 spiro atoms. The van der Waals surface area contributed by atoms with E-state index in [1.165, 1.54) is 10.2 Å². The Morgan fingerprint density at radius 3 is 2.12 bits per heavy atom. The van der Waals surface area contributed by atoms with Crippen molar-refractivity contribution in [1.29, 1.82) is 0 Å². The Morgan fingerprint density at radius 2 is 1.58 bits per heavy atom. The van der Waals surface area contributed by atoms with Crippen molar-refractivity contribution in [2.45, 2.75) is 51.9 Å². The summed E-state index contributed by atoms with van der Waals surface area (Å²) in [6.07, 6.45) is 0.0436. The molecule has 0 unspecified atom stereocenters. The molecule has 0 saturated heterocycles. The summed E-state index contributed by atoms with van der Waals surface area (Å²) in [6, 6.07) is 16.0. The van der Waals surface area contributed by atoms with Crippen LogP contribution in [0.15, 0.2) is 48.5 Å². The summed E-state index contributed by atoms with van der Waals surface area (Å²) in [7, 11) is 0. The van der Waals surface area contributed by atoms with Gasteiger partial charge in [0.05, 0.1) is 31.1 Å². The minimum Gasteiger partial charge on any atom is -0.494 e. The van der Waals surface area contributed by atoms with Gasteiger partial charge in [0.15, 0.2) is 0 Å². The molecule has 1 aromatic heterocycles. The topological polar surface area (TPSA) is 89.6 Å². The lowest BCUT2D eigenvalue weighted by atomic mass is 9.78. The van der Waals surface area contributed by atoms with Gasteiger partial charge >= 0.3 is 0 Å². The van der Waals surface area contributed by atoms with Crippen LogP contribution in [0, 0.1) is 6.92 Å². The molecule has 0 bridgehead atoms. The third kappa shape index (κ3) is 6.47. The number of aromatic nitrogens is 3. The van der Waals surface area contributed by atoms with E-state index in [4.69, 9.17) is 21.1 Å². The molecule has 0 fully saturated rings. The Bertz CT molecular complexity index is 1000. The largest absolute Gasteiger partial charge is 0.494 e. The van der Waals surface area contributed by atoms with Crippen molar-refractivity contribution in [2.24, 2.45) is 0 Å². The first-order chi connectivity index (χ1) is 15.8. The van der Waals surface area contributed by atoms with Crippen LogP contribution in [-0.2, 0) is 18.6 Å². The fourth-order valence-electron chi connectivity index (χ4n) is 3.55. The number of aryl methyl sites for hydroxylation is 1. The molecule has 0 saturated carbocycles. The summed E-state index contributed by atoms with van der Waals surface area (Å²) in [5.41, 5.74) is 3.38. The summed E-state index contributed by atoms with van der Waals surface area (Å²) in [6.45, 7) is 6.87. The van der Waals surface area contributed by atoms with Gasteiger partial charge in [-0.25, -0.2) is 4.68 Å². The van der Waals surface area contributed by atoms with Crippen LogP contribution in [0.2, 0.25) is 0 Å². The second-order valence-corrected chi connectivity index (χ2v) is 8.87. The molecule has 0 radical (unpaired) electrons. The standard InChI is InChI=1S/C25H32ClN3O4/c1-18-24(16-30)29(28-27-18)15-21(31)17-33-23-11-7-20(8-12-23)25(2,3)19-5-9-22(10-6-19)32-14-4-13-26/h5-12,21,30-31H,4,13-17H2,1-3H3/t21-/m0/s1. The Hall–Kier alpha value is -2.61. The summed E-state index contributed by atoms with van der Waals surface area (Å²) < 4.78 is 12.9. The maximum Gasteiger partial charge on any atom is 0.119 e. The van der Waals surface area contributed by atoms with Crippen molar-refractivity contribution < 1.29 is 19.7 Å². The number of alkyl halides is 1. The van der Waals surface area contributed by atoms with Crippen molar-refractivity contribution in [2.75, 3.05) is 19.1 Å². The van der Waals surface area contributed by atoms with Crippen LogP contribution in [0.4, 0.5) is 0 Å². The predicted octanol–water partition coefficient (Wildman–Crippen LogP) is 3.85. The van der Waals surface area contributed by atoms with Gasteiger partial charge in [-0.1, -0.05) is 43.3 Å². The summed E-state index contributed by atoms with van der Waals surface area (Å²) >= 11 is 5.70. The SMILES string of the molecule is Cc1nnn(C[C@H](O)COc2ccc(C(C)(C)c3ccc(OCCCCl)cc3)cc2)c1CO. The normalized spacial score (nSPS) is 12.5. The first kappa shape index (κ1) is 25.0. The summed E-state index contributed by atoms with van der Waals surface area (Å²) in [5, 5.41) is 27.6. The van der Waals surface area contributed by atoms with E-state index in [0.29, 0.717) is 29.6 Å². The molecule has 3 aromatic rings. The molecular formula is C25H32ClN3O4. The van der Waals surface area contributed by atoms with Crippen LogP contribution < -0.4 is 9.47 Å². The quantitative estimate of drug-likeness (QED) is 0.307. The molecule has 0 aliphatic rings. The molecular weight excluding hydrogens is 442 g/mol. The average Bonchev–Trinajstić information content (AvgIpc) is 3.17. The molecule has 33 heavy (non-hydrogen) atoms. The van der Waals surface area contributed by atoms with E-state index in [-0.39, 0.29) is 25.2 Å². The third-order valence-electron chi connectivity index (χ3n) is 5.71. The number of rotatable bonds is 12. The van der Waals surface area contributed by atoms with E-state index in [9.17, 15) is 10.2 Å². The highest BCUT2D eigenvalue weighted by atomic mass is 35.5. The van der Waals surface area contributed by atoms with Crippen LogP contribution in [0.5, 0.6) is 11.5 Å². The van der Waals surface area contributed by atoms with Gasteiger partial charge in [-0.15, -0.1) is 16.7 Å². The zero-order valence-electron chi connectivity index (χ0n) is 19.4. The fourth-order valence-corrected chi connectivity index (χ4v) is 3.66. The van der Waals surface area contributed by atoms with Gasteiger partial charge in [0.25, 0.3) is 0 Å². The average molecular weight is 474 g/mol. The second-order valence-electron chi connectivity index (χ2n) is 8.49. The van der Waals surface area contributed by atoms with E-state index in [1.54, 1.807) is 6.92 Å². The molecule has 2 aromatic carbocycles. The molecule has 3 rings (SSSR count). The molecule has 2 N–H and O–H groups in total. The molecule has 178 valence electrons. The maximum absolute atomic E-state index is 10.3. The highest BCUT2D eigenvalue weighted by molar-refractivity contribution is 6.17. The first-order valence-electron chi connectivity index (χ1n) is 11.1.